The number of rotatable bonds is 6. The van der Waals surface area contributed by atoms with Gasteiger partial charge in [0.1, 0.15) is 10.7 Å². The van der Waals surface area contributed by atoms with Crippen LogP contribution in [0.15, 0.2) is 30.3 Å². The lowest BCUT2D eigenvalue weighted by atomic mass is 10.2. The molecule has 1 aromatic heterocycles. The fourth-order valence-corrected chi connectivity index (χ4v) is 2.95. The number of ketones is 1. The van der Waals surface area contributed by atoms with Crippen LogP contribution in [-0.4, -0.2) is 24.3 Å². The number of amides is 1. The number of anilines is 1. The van der Waals surface area contributed by atoms with Crippen molar-refractivity contribution in [3.63, 3.8) is 0 Å². The van der Waals surface area contributed by atoms with Crippen molar-refractivity contribution in [2.24, 2.45) is 0 Å². The number of nitrogens with one attached hydrogen (secondary N) is 1. The van der Waals surface area contributed by atoms with Crippen LogP contribution < -0.4 is 5.32 Å². The number of Topliss-reactive ketones (excluding diaryl/α,β-unsaturated/α-hetero) is 1. The van der Waals surface area contributed by atoms with E-state index < -0.39 is 17.7 Å². The van der Waals surface area contributed by atoms with Crippen LogP contribution in [0.25, 0.3) is 10.4 Å². The summed E-state index contributed by atoms with van der Waals surface area (Å²) in [5, 5.41) is 2.45. The Bertz CT molecular complexity index is 767. The molecule has 5 nitrogen and oxygen atoms in total. The fourth-order valence-electron chi connectivity index (χ4n) is 1.94. The van der Waals surface area contributed by atoms with Crippen molar-refractivity contribution >= 4 is 34.7 Å². The van der Waals surface area contributed by atoms with Crippen molar-refractivity contribution in [2.75, 3.05) is 11.9 Å². The molecule has 0 aliphatic carbocycles. The average molecular weight is 349 g/mol. The van der Waals surface area contributed by atoms with Gasteiger partial charge >= 0.3 is 5.97 Å². The lowest BCUT2D eigenvalue weighted by molar-refractivity contribution is -0.134. The molecule has 0 atom stereocenters. The molecule has 2 rings (SSSR count). The van der Waals surface area contributed by atoms with E-state index >= 15 is 0 Å². The first-order valence-electron chi connectivity index (χ1n) is 7.37. The number of esters is 1. The Morgan fingerprint density at radius 2 is 1.83 bits per heavy atom. The van der Waals surface area contributed by atoms with E-state index in [0.717, 1.165) is 11.3 Å². The summed E-state index contributed by atoms with van der Waals surface area (Å²) in [4.78, 5) is 36.2. The van der Waals surface area contributed by atoms with Gasteiger partial charge in [-0.1, -0.05) is 19.1 Å². The van der Waals surface area contributed by atoms with Gasteiger partial charge in [-0.25, -0.2) is 9.18 Å². The topological polar surface area (TPSA) is 72.5 Å². The summed E-state index contributed by atoms with van der Waals surface area (Å²) in [5.74, 6) is -2.33. The van der Waals surface area contributed by atoms with Crippen molar-refractivity contribution in [3.8, 4) is 10.4 Å². The van der Waals surface area contributed by atoms with Gasteiger partial charge in [-0.2, -0.15) is 0 Å². The van der Waals surface area contributed by atoms with Gasteiger partial charge in [0.25, 0.3) is 5.91 Å². The van der Waals surface area contributed by atoms with Gasteiger partial charge in [-0.05, 0) is 30.7 Å². The lowest BCUT2D eigenvalue weighted by Gasteiger charge is -2.04. The normalized spacial score (nSPS) is 10.3. The highest BCUT2D eigenvalue weighted by Gasteiger charge is 2.21. The van der Waals surface area contributed by atoms with E-state index in [1.54, 1.807) is 32.0 Å². The highest BCUT2D eigenvalue weighted by Crippen LogP contribution is 2.35. The van der Waals surface area contributed by atoms with E-state index in [-0.39, 0.29) is 29.4 Å². The number of halogens is 1. The van der Waals surface area contributed by atoms with Gasteiger partial charge < -0.3 is 10.1 Å². The molecule has 24 heavy (non-hydrogen) atoms. The van der Waals surface area contributed by atoms with E-state index in [9.17, 15) is 18.8 Å². The first kappa shape index (κ1) is 17.8. The van der Waals surface area contributed by atoms with Crippen LogP contribution in [0.3, 0.4) is 0 Å². The van der Waals surface area contributed by atoms with Crippen molar-refractivity contribution in [3.05, 3.63) is 41.0 Å². The molecular formula is C17H16FNO4S. The summed E-state index contributed by atoms with van der Waals surface area (Å²) in [6.45, 7) is 3.43. The minimum atomic E-state index is -0.786. The Labute approximate surface area is 142 Å². The summed E-state index contributed by atoms with van der Waals surface area (Å²) < 4.78 is 18.0. The molecular weight excluding hydrogens is 333 g/mol. The number of carbonyl (C=O) groups excluding carboxylic acids is 3. The van der Waals surface area contributed by atoms with Crippen LogP contribution in [-0.2, 0) is 14.3 Å². The van der Waals surface area contributed by atoms with E-state index in [4.69, 9.17) is 4.74 Å². The quantitative estimate of drug-likeness (QED) is 0.638. The minimum absolute atomic E-state index is 0.0650. The van der Waals surface area contributed by atoms with Crippen LogP contribution in [0.2, 0.25) is 0 Å². The Hall–Kier alpha value is -2.54. The Balaban J connectivity index is 2.39. The van der Waals surface area contributed by atoms with Crippen LogP contribution >= 0.6 is 11.3 Å². The SMILES string of the molecule is CCOC(=O)c1sc(-c2ccc(F)cc2)cc1NC(=O)C(=O)CC. The molecule has 0 aliphatic heterocycles. The maximum atomic E-state index is 13.1. The molecule has 0 unspecified atom stereocenters. The molecule has 1 amide bonds. The molecule has 0 aliphatic rings. The van der Waals surface area contributed by atoms with E-state index in [2.05, 4.69) is 5.32 Å². The second kappa shape index (κ2) is 7.83. The molecule has 2 aromatic rings. The third-order valence-electron chi connectivity index (χ3n) is 3.14. The third-order valence-corrected chi connectivity index (χ3v) is 4.31. The summed E-state index contributed by atoms with van der Waals surface area (Å²) in [5.41, 5.74) is 0.902. The third kappa shape index (κ3) is 4.05. The minimum Gasteiger partial charge on any atom is -0.462 e. The van der Waals surface area contributed by atoms with Gasteiger partial charge in [0.15, 0.2) is 0 Å². The van der Waals surface area contributed by atoms with Gasteiger partial charge in [0.05, 0.1) is 12.3 Å². The maximum absolute atomic E-state index is 13.1. The van der Waals surface area contributed by atoms with E-state index in [1.807, 2.05) is 0 Å². The molecule has 0 spiro atoms. The van der Waals surface area contributed by atoms with Crippen molar-refractivity contribution in [1.29, 1.82) is 0 Å². The number of benzene rings is 1. The Morgan fingerprint density at radius 1 is 1.17 bits per heavy atom. The van der Waals surface area contributed by atoms with E-state index in [0.29, 0.717) is 10.4 Å². The number of hydrogen-bond donors (Lipinski definition) is 1. The largest absolute Gasteiger partial charge is 0.462 e. The van der Waals surface area contributed by atoms with Crippen molar-refractivity contribution in [2.45, 2.75) is 20.3 Å². The number of carbonyl (C=O) groups is 3. The maximum Gasteiger partial charge on any atom is 0.350 e. The monoisotopic (exact) mass is 349 g/mol. The van der Waals surface area contributed by atoms with Crippen LogP contribution in [0, 0.1) is 5.82 Å². The zero-order valence-electron chi connectivity index (χ0n) is 13.2. The highest BCUT2D eigenvalue weighted by molar-refractivity contribution is 7.18. The lowest BCUT2D eigenvalue weighted by Crippen LogP contribution is -2.22. The van der Waals surface area contributed by atoms with Crippen molar-refractivity contribution < 1.29 is 23.5 Å². The van der Waals surface area contributed by atoms with Gasteiger partial charge in [-0.3, -0.25) is 9.59 Å². The van der Waals surface area contributed by atoms with Gasteiger partial charge in [-0.15, -0.1) is 11.3 Å². The van der Waals surface area contributed by atoms with Crippen LogP contribution in [0.5, 0.6) is 0 Å². The first-order valence-corrected chi connectivity index (χ1v) is 8.19. The predicted molar refractivity (Wildman–Crippen MR) is 89.6 cm³/mol. The summed E-state index contributed by atoms with van der Waals surface area (Å²) in [7, 11) is 0. The predicted octanol–water partition coefficient (Wildman–Crippen LogP) is 3.65. The molecule has 1 heterocycles. The number of thiophene rings is 1. The second-order valence-electron chi connectivity index (χ2n) is 4.81. The first-order chi connectivity index (χ1) is 11.5. The summed E-state index contributed by atoms with van der Waals surface area (Å²) in [6, 6.07) is 7.32. The van der Waals surface area contributed by atoms with Crippen LogP contribution in [0.1, 0.15) is 29.9 Å². The molecule has 0 radical (unpaired) electrons. The van der Waals surface area contributed by atoms with E-state index in [1.165, 1.54) is 12.1 Å². The van der Waals surface area contributed by atoms with Crippen LogP contribution in [0.4, 0.5) is 10.1 Å². The molecule has 0 saturated carbocycles. The molecule has 0 saturated heterocycles. The molecule has 1 aromatic carbocycles. The average Bonchev–Trinajstić information content (AvgIpc) is 2.98. The smallest absolute Gasteiger partial charge is 0.350 e. The number of ether oxygens (including phenoxy) is 1. The molecule has 126 valence electrons. The number of hydrogen-bond acceptors (Lipinski definition) is 5. The van der Waals surface area contributed by atoms with Crippen molar-refractivity contribution in [1.82, 2.24) is 0 Å². The summed E-state index contributed by atoms with van der Waals surface area (Å²) >= 11 is 1.10. The Morgan fingerprint density at radius 3 is 2.42 bits per heavy atom. The van der Waals surface area contributed by atoms with Gasteiger partial charge in [0.2, 0.25) is 5.78 Å². The zero-order chi connectivity index (χ0) is 17.7. The molecule has 7 heteroatoms. The standard InChI is InChI=1S/C17H16FNO4S/c1-3-13(20)16(21)19-12-9-14(10-5-7-11(18)8-6-10)24-15(12)17(22)23-4-2/h5-9H,3-4H2,1-2H3,(H,19,21). The molecule has 0 fully saturated rings. The summed E-state index contributed by atoms with van der Waals surface area (Å²) in [6.07, 6.45) is 0.0650. The fraction of sp³-hybridized carbons (Fsp3) is 0.235. The molecule has 0 bridgehead atoms. The second-order valence-corrected chi connectivity index (χ2v) is 5.86. The Kier molecular flexibility index (Phi) is 5.81. The highest BCUT2D eigenvalue weighted by atomic mass is 32.1. The van der Waals surface area contributed by atoms with Gasteiger partial charge in [0, 0.05) is 11.3 Å². The zero-order valence-corrected chi connectivity index (χ0v) is 14.0. The molecule has 1 N–H and O–H groups in total.